The molecule has 4 rings (SSSR count). The Kier molecular flexibility index (Phi) is 8.68. The average Bonchev–Trinajstić information content (AvgIpc) is 3.24. The van der Waals surface area contributed by atoms with Crippen LogP contribution < -0.4 is 4.74 Å². The zero-order valence-electron chi connectivity index (χ0n) is 20.1. The highest BCUT2D eigenvalue weighted by molar-refractivity contribution is 9.10. The molecule has 37 heavy (non-hydrogen) atoms. The fourth-order valence-electron chi connectivity index (χ4n) is 4.32. The molecule has 0 spiro atoms. The van der Waals surface area contributed by atoms with E-state index in [1.807, 2.05) is 54.6 Å². The van der Waals surface area contributed by atoms with Crippen molar-refractivity contribution in [3.63, 3.8) is 0 Å². The Morgan fingerprint density at radius 3 is 2.46 bits per heavy atom. The van der Waals surface area contributed by atoms with Gasteiger partial charge in [-0.25, -0.2) is 22.3 Å². The third-order valence-corrected chi connectivity index (χ3v) is 10.3. The second-order valence-electron chi connectivity index (χ2n) is 8.61. The average molecular weight is 609 g/mol. The van der Waals surface area contributed by atoms with Gasteiger partial charge >= 0.3 is 11.9 Å². The lowest BCUT2D eigenvalue weighted by atomic mass is 9.89. The van der Waals surface area contributed by atoms with E-state index in [0.717, 1.165) is 28.0 Å². The van der Waals surface area contributed by atoms with Crippen molar-refractivity contribution in [2.75, 3.05) is 26.8 Å². The van der Waals surface area contributed by atoms with Gasteiger partial charge in [-0.3, -0.25) is 0 Å². The van der Waals surface area contributed by atoms with Crippen molar-refractivity contribution in [3.8, 4) is 16.2 Å². The number of carboxylic acid groups (broad SMARTS) is 1. The van der Waals surface area contributed by atoms with Gasteiger partial charge in [-0.15, -0.1) is 11.3 Å². The molecule has 1 saturated heterocycles. The van der Waals surface area contributed by atoms with Gasteiger partial charge in [-0.05, 0) is 51.4 Å². The first kappa shape index (κ1) is 27.3. The van der Waals surface area contributed by atoms with Gasteiger partial charge in [0.25, 0.3) is 0 Å². The number of hydrogen-bond acceptors (Lipinski definition) is 7. The first-order chi connectivity index (χ1) is 17.7. The number of carbonyl (C=O) groups excluding carboxylic acids is 1. The van der Waals surface area contributed by atoms with Gasteiger partial charge in [0.2, 0.25) is 10.0 Å². The molecule has 0 atom stereocenters. The largest absolute Gasteiger partial charge is 0.479 e. The summed E-state index contributed by atoms with van der Waals surface area (Å²) in [5, 5.41) is 9.65. The number of carboxylic acids is 1. The van der Waals surface area contributed by atoms with E-state index >= 15 is 0 Å². The third kappa shape index (κ3) is 6.40. The Morgan fingerprint density at radius 2 is 1.81 bits per heavy atom. The molecule has 1 fully saturated rings. The number of halogens is 1. The van der Waals surface area contributed by atoms with Crippen molar-refractivity contribution >= 4 is 49.2 Å². The maximum Gasteiger partial charge on any atom is 0.349 e. The van der Waals surface area contributed by atoms with Crippen molar-refractivity contribution in [2.45, 2.75) is 24.5 Å². The van der Waals surface area contributed by atoms with Crippen molar-refractivity contribution in [1.29, 1.82) is 0 Å². The number of nitrogens with zero attached hydrogens (tertiary/aromatic N) is 1. The summed E-state index contributed by atoms with van der Waals surface area (Å²) in [5.41, 5.74) is 2.64. The van der Waals surface area contributed by atoms with E-state index in [2.05, 4.69) is 20.7 Å². The monoisotopic (exact) mass is 607 g/mol. The second kappa shape index (κ2) is 11.8. The van der Waals surface area contributed by atoms with Crippen LogP contribution in [0.4, 0.5) is 0 Å². The fourth-order valence-corrected chi connectivity index (χ4v) is 7.77. The minimum absolute atomic E-state index is 0.00725. The summed E-state index contributed by atoms with van der Waals surface area (Å²) in [6.45, 7) is 0.486. The molecule has 1 aliphatic heterocycles. The lowest BCUT2D eigenvalue weighted by Crippen LogP contribution is -2.38. The summed E-state index contributed by atoms with van der Waals surface area (Å²) >= 11 is 4.51. The van der Waals surface area contributed by atoms with Gasteiger partial charge in [-0.2, -0.15) is 0 Å². The summed E-state index contributed by atoms with van der Waals surface area (Å²) in [5.74, 6) is -1.52. The van der Waals surface area contributed by atoms with E-state index in [0.29, 0.717) is 35.3 Å². The Balaban J connectivity index is 1.49. The Bertz CT molecular complexity index is 1380. The molecule has 2 aromatic carbocycles. The molecule has 0 radical (unpaired) electrons. The van der Waals surface area contributed by atoms with Crippen LogP contribution in [0, 0.1) is 0 Å². The molecule has 196 valence electrons. The van der Waals surface area contributed by atoms with Crippen LogP contribution in [0.2, 0.25) is 0 Å². The zero-order chi connectivity index (χ0) is 26.6. The second-order valence-corrected chi connectivity index (χ2v) is 12.4. The van der Waals surface area contributed by atoms with Crippen LogP contribution in [0.1, 0.15) is 39.6 Å². The topological polar surface area (TPSA) is 110 Å². The number of sulfonamides is 1. The molecule has 3 aromatic rings. The van der Waals surface area contributed by atoms with Crippen molar-refractivity contribution < 1.29 is 32.6 Å². The van der Waals surface area contributed by atoms with Gasteiger partial charge in [0.15, 0.2) is 17.2 Å². The van der Waals surface area contributed by atoms with Crippen LogP contribution in [0.25, 0.3) is 10.4 Å². The van der Waals surface area contributed by atoms with Gasteiger partial charge in [0, 0.05) is 13.1 Å². The standard InChI is InChI=1S/C26H26BrNO7S2/c1-34-21(29)15-35-23-22(27)24(36-25(23)26(30)31)20-9-5-8-19(14-20)18-10-12-28(13-11-18)37(32,33)16-17-6-3-2-4-7-17/h2-9,14,18H,10-13,15-16H2,1H3,(H,30,31). The number of hydrogen-bond donors (Lipinski definition) is 1. The van der Waals surface area contributed by atoms with Crippen LogP contribution in [-0.4, -0.2) is 56.6 Å². The number of esters is 1. The minimum atomic E-state index is -3.40. The molecular formula is C26H26BrNO7S2. The van der Waals surface area contributed by atoms with E-state index in [-0.39, 0.29) is 22.3 Å². The van der Waals surface area contributed by atoms with E-state index in [1.165, 1.54) is 7.11 Å². The lowest BCUT2D eigenvalue weighted by molar-refractivity contribution is -0.142. The predicted molar refractivity (Wildman–Crippen MR) is 145 cm³/mol. The molecule has 2 heterocycles. The molecule has 1 aliphatic rings. The Morgan fingerprint density at radius 1 is 1.11 bits per heavy atom. The Labute approximate surface area is 228 Å². The first-order valence-electron chi connectivity index (χ1n) is 11.6. The number of piperidine rings is 1. The quantitative estimate of drug-likeness (QED) is 0.335. The van der Waals surface area contributed by atoms with E-state index < -0.39 is 28.6 Å². The van der Waals surface area contributed by atoms with Crippen LogP contribution in [0.15, 0.2) is 59.1 Å². The van der Waals surface area contributed by atoms with Crippen LogP contribution in [0.3, 0.4) is 0 Å². The molecule has 0 amide bonds. The highest BCUT2D eigenvalue weighted by Crippen LogP contribution is 2.46. The van der Waals surface area contributed by atoms with Crippen LogP contribution >= 0.6 is 27.3 Å². The highest BCUT2D eigenvalue weighted by Gasteiger charge is 2.29. The SMILES string of the molecule is COC(=O)COc1c(C(=O)O)sc(-c2cccc(C3CCN(S(=O)(=O)Cc4ccccc4)CC3)c2)c1Br. The maximum atomic E-state index is 12.9. The minimum Gasteiger partial charge on any atom is -0.479 e. The van der Waals surface area contributed by atoms with E-state index in [1.54, 1.807) is 4.31 Å². The number of aromatic carboxylic acids is 1. The van der Waals surface area contributed by atoms with Gasteiger partial charge in [0.05, 0.1) is 22.2 Å². The Hall–Kier alpha value is -2.73. The molecular weight excluding hydrogens is 582 g/mol. The summed E-state index contributed by atoms with van der Waals surface area (Å²) < 4.78 is 37.9. The van der Waals surface area contributed by atoms with E-state index in [9.17, 15) is 23.1 Å². The van der Waals surface area contributed by atoms with Gasteiger partial charge in [-0.1, -0.05) is 54.6 Å². The smallest absolute Gasteiger partial charge is 0.349 e. The van der Waals surface area contributed by atoms with Crippen molar-refractivity contribution in [2.24, 2.45) is 0 Å². The number of rotatable bonds is 9. The van der Waals surface area contributed by atoms with Gasteiger partial charge in [0.1, 0.15) is 0 Å². The lowest BCUT2D eigenvalue weighted by Gasteiger charge is -2.31. The van der Waals surface area contributed by atoms with Crippen molar-refractivity contribution in [1.82, 2.24) is 4.31 Å². The zero-order valence-corrected chi connectivity index (χ0v) is 23.3. The normalized spacial score (nSPS) is 14.9. The van der Waals surface area contributed by atoms with Gasteiger partial charge < -0.3 is 14.6 Å². The summed E-state index contributed by atoms with van der Waals surface area (Å²) in [4.78, 5) is 24.0. The summed E-state index contributed by atoms with van der Waals surface area (Å²) in [6, 6.07) is 17.0. The first-order valence-corrected chi connectivity index (χ1v) is 14.8. The summed E-state index contributed by atoms with van der Waals surface area (Å²) in [6.07, 6.45) is 1.38. The third-order valence-electron chi connectivity index (χ3n) is 6.22. The highest BCUT2D eigenvalue weighted by atomic mass is 79.9. The number of benzene rings is 2. The maximum absolute atomic E-state index is 12.9. The van der Waals surface area contributed by atoms with Crippen LogP contribution in [0.5, 0.6) is 5.75 Å². The molecule has 8 nitrogen and oxygen atoms in total. The van der Waals surface area contributed by atoms with E-state index in [4.69, 9.17) is 4.74 Å². The summed E-state index contributed by atoms with van der Waals surface area (Å²) in [7, 11) is -2.17. The molecule has 0 saturated carbocycles. The fraction of sp³-hybridized carbons (Fsp3) is 0.308. The number of thiophene rings is 1. The van der Waals surface area contributed by atoms with Crippen LogP contribution in [-0.2, 0) is 25.3 Å². The molecule has 0 unspecified atom stereocenters. The molecule has 0 bridgehead atoms. The number of carbonyl (C=O) groups is 2. The van der Waals surface area contributed by atoms with Crippen molar-refractivity contribution in [3.05, 3.63) is 75.1 Å². The molecule has 11 heteroatoms. The number of ether oxygens (including phenoxy) is 2. The molecule has 1 N–H and O–H groups in total. The number of methoxy groups -OCH3 is 1. The predicted octanol–water partition coefficient (Wildman–Crippen LogP) is 5.14. The molecule has 0 aliphatic carbocycles. The molecule has 1 aromatic heterocycles.